The minimum atomic E-state index is -0.768. The molecule has 33 heavy (non-hydrogen) atoms. The zero-order chi connectivity index (χ0) is 22.8. The number of aromatic nitrogens is 2. The monoisotopic (exact) mass is 475 g/mol. The fourth-order valence-corrected chi connectivity index (χ4v) is 6.09. The highest BCUT2D eigenvalue weighted by Crippen LogP contribution is 2.38. The molecule has 2 aromatic rings. The molecule has 9 heteroatoms. The molecule has 0 radical (unpaired) electrons. The molecule has 3 fully saturated rings. The first kappa shape index (κ1) is 22.7. The van der Waals surface area contributed by atoms with E-state index in [2.05, 4.69) is 25.1 Å². The molecule has 2 aliphatic heterocycles. The average molecular weight is 476 g/mol. The van der Waals surface area contributed by atoms with Crippen molar-refractivity contribution in [3.8, 4) is 0 Å². The first-order valence-corrected chi connectivity index (χ1v) is 12.9. The first-order valence-electron chi connectivity index (χ1n) is 12.1. The van der Waals surface area contributed by atoms with Gasteiger partial charge in [0.25, 0.3) is 5.91 Å². The summed E-state index contributed by atoms with van der Waals surface area (Å²) in [6.45, 7) is 4.31. The maximum absolute atomic E-state index is 13.7. The van der Waals surface area contributed by atoms with Crippen LogP contribution in [0, 0.1) is 23.5 Å². The molecule has 1 saturated carbocycles. The van der Waals surface area contributed by atoms with E-state index in [4.69, 9.17) is 0 Å². The van der Waals surface area contributed by atoms with Gasteiger partial charge in [-0.25, -0.2) is 13.8 Å². The van der Waals surface area contributed by atoms with Gasteiger partial charge in [-0.2, -0.15) is 0 Å². The summed E-state index contributed by atoms with van der Waals surface area (Å²) in [5.41, 5.74) is 0.00800. The van der Waals surface area contributed by atoms with Crippen LogP contribution in [0.25, 0.3) is 0 Å². The third kappa shape index (κ3) is 5.69. The van der Waals surface area contributed by atoms with Crippen LogP contribution in [0.5, 0.6) is 0 Å². The lowest BCUT2D eigenvalue weighted by Crippen LogP contribution is -2.48. The van der Waals surface area contributed by atoms with Crippen LogP contribution in [0.4, 0.5) is 13.9 Å². The van der Waals surface area contributed by atoms with Crippen LogP contribution in [-0.2, 0) is 6.54 Å². The van der Waals surface area contributed by atoms with Crippen molar-refractivity contribution in [2.24, 2.45) is 11.8 Å². The van der Waals surface area contributed by atoms with Crippen LogP contribution < -0.4 is 10.2 Å². The van der Waals surface area contributed by atoms with Crippen molar-refractivity contribution >= 4 is 22.4 Å². The minimum Gasteiger partial charge on any atom is -0.348 e. The molecule has 2 saturated heterocycles. The molecule has 2 aromatic heterocycles. The molecule has 3 aliphatic rings. The van der Waals surface area contributed by atoms with Crippen LogP contribution in [0.2, 0.25) is 0 Å². The Balaban J connectivity index is 1.10. The zero-order valence-electron chi connectivity index (χ0n) is 18.8. The Labute approximate surface area is 197 Å². The summed E-state index contributed by atoms with van der Waals surface area (Å²) in [6.07, 6.45) is 11.8. The number of hydrogen-bond acceptors (Lipinski definition) is 6. The molecule has 5 rings (SSSR count). The highest BCUT2D eigenvalue weighted by Gasteiger charge is 2.32. The second-order valence-electron chi connectivity index (χ2n) is 9.67. The first-order chi connectivity index (χ1) is 16.0. The van der Waals surface area contributed by atoms with E-state index >= 15 is 0 Å². The lowest BCUT2D eigenvalue weighted by atomic mass is 9.90. The number of pyridine rings is 1. The Morgan fingerprint density at radius 1 is 1.06 bits per heavy atom. The van der Waals surface area contributed by atoms with Crippen LogP contribution in [0.1, 0.15) is 60.3 Å². The average Bonchev–Trinajstić information content (AvgIpc) is 3.49. The van der Waals surface area contributed by atoms with Crippen LogP contribution >= 0.6 is 11.3 Å². The van der Waals surface area contributed by atoms with E-state index in [1.807, 2.05) is 0 Å². The quantitative estimate of drug-likeness (QED) is 0.650. The SMILES string of the molecule is O=C(NCc1ncc(F)cc1F)c1cnc(N2CCC(N3CCCC(CC4CC4)C3)CC2)s1. The van der Waals surface area contributed by atoms with Crippen LogP contribution in [-0.4, -0.2) is 53.0 Å². The van der Waals surface area contributed by atoms with E-state index in [1.165, 1.54) is 56.5 Å². The maximum Gasteiger partial charge on any atom is 0.263 e. The molecule has 0 spiro atoms. The molecule has 6 nitrogen and oxygen atoms in total. The van der Waals surface area contributed by atoms with Crippen LogP contribution in [0.3, 0.4) is 0 Å². The summed E-state index contributed by atoms with van der Waals surface area (Å²) in [5, 5.41) is 3.50. The van der Waals surface area contributed by atoms with Crippen molar-refractivity contribution in [2.45, 2.75) is 57.5 Å². The third-order valence-electron chi connectivity index (χ3n) is 7.18. The van der Waals surface area contributed by atoms with Gasteiger partial charge in [0, 0.05) is 31.7 Å². The summed E-state index contributed by atoms with van der Waals surface area (Å²) in [5.74, 6) is 0.0729. The highest BCUT2D eigenvalue weighted by molar-refractivity contribution is 7.17. The second-order valence-corrected chi connectivity index (χ2v) is 10.7. The molecular formula is C24H31F2N5OS. The number of nitrogens with zero attached hydrogens (tertiary/aromatic N) is 4. The van der Waals surface area contributed by atoms with Gasteiger partial charge in [-0.05, 0) is 50.5 Å². The molecular weight excluding hydrogens is 444 g/mol. The van der Waals surface area contributed by atoms with Gasteiger partial charge in [0.05, 0.1) is 24.6 Å². The maximum atomic E-state index is 13.7. The van der Waals surface area contributed by atoms with Gasteiger partial charge in [0.15, 0.2) is 5.13 Å². The van der Waals surface area contributed by atoms with E-state index < -0.39 is 11.6 Å². The predicted octanol–water partition coefficient (Wildman–Crippen LogP) is 4.23. The van der Waals surface area contributed by atoms with Gasteiger partial charge in [0.2, 0.25) is 0 Å². The van der Waals surface area contributed by atoms with E-state index in [0.717, 1.165) is 55.2 Å². The highest BCUT2D eigenvalue weighted by atomic mass is 32.1. The predicted molar refractivity (Wildman–Crippen MR) is 124 cm³/mol. The smallest absolute Gasteiger partial charge is 0.263 e. The van der Waals surface area contributed by atoms with Gasteiger partial charge in [0.1, 0.15) is 16.5 Å². The standard InChI is InChI=1S/C24H31F2N5OS/c25-18-11-20(26)21(27-12-18)13-28-23(32)22-14-29-24(33-22)30-8-5-19(6-9-30)31-7-1-2-17(15-31)10-16-3-4-16/h11-12,14,16-17,19H,1-10,13,15H2,(H,28,32). The number of rotatable bonds is 7. The molecule has 1 aliphatic carbocycles. The summed E-state index contributed by atoms with van der Waals surface area (Å²) in [7, 11) is 0. The number of carbonyl (C=O) groups excluding carboxylic acids is 1. The van der Waals surface area contributed by atoms with Crippen LogP contribution in [0.15, 0.2) is 18.5 Å². The van der Waals surface area contributed by atoms with E-state index in [1.54, 1.807) is 6.20 Å². The summed E-state index contributed by atoms with van der Waals surface area (Å²) in [4.78, 5) is 26.1. The van der Waals surface area contributed by atoms with Crippen molar-refractivity contribution in [3.63, 3.8) is 0 Å². The molecule has 1 N–H and O–H groups in total. The fraction of sp³-hybridized carbons (Fsp3) is 0.625. The minimum absolute atomic E-state index is 0.00800. The topological polar surface area (TPSA) is 61.4 Å². The number of carbonyl (C=O) groups is 1. The Kier molecular flexibility index (Phi) is 6.87. The number of hydrogen-bond donors (Lipinski definition) is 1. The van der Waals surface area contributed by atoms with Gasteiger partial charge in [-0.15, -0.1) is 0 Å². The van der Waals surface area contributed by atoms with Crippen molar-refractivity contribution in [1.29, 1.82) is 0 Å². The number of amides is 1. The molecule has 4 heterocycles. The number of likely N-dealkylation sites (tertiary alicyclic amines) is 1. The van der Waals surface area contributed by atoms with Crippen molar-refractivity contribution in [2.75, 3.05) is 31.1 Å². The fourth-order valence-electron chi connectivity index (χ4n) is 5.21. The van der Waals surface area contributed by atoms with Crippen molar-refractivity contribution < 1.29 is 13.6 Å². The van der Waals surface area contributed by atoms with E-state index in [0.29, 0.717) is 10.9 Å². The molecule has 178 valence electrons. The Morgan fingerprint density at radius 3 is 2.64 bits per heavy atom. The number of nitrogens with one attached hydrogen (secondary N) is 1. The zero-order valence-corrected chi connectivity index (χ0v) is 19.6. The lowest BCUT2D eigenvalue weighted by Gasteiger charge is -2.42. The number of piperidine rings is 2. The third-order valence-corrected chi connectivity index (χ3v) is 8.24. The Bertz CT molecular complexity index is 974. The lowest BCUT2D eigenvalue weighted by molar-refractivity contribution is 0.0954. The molecule has 0 aromatic carbocycles. The normalized spacial score (nSPS) is 22.5. The van der Waals surface area contributed by atoms with E-state index in [-0.39, 0.29) is 18.1 Å². The largest absolute Gasteiger partial charge is 0.348 e. The summed E-state index contributed by atoms with van der Waals surface area (Å²) < 4.78 is 26.7. The Morgan fingerprint density at radius 2 is 1.88 bits per heavy atom. The summed E-state index contributed by atoms with van der Waals surface area (Å²) >= 11 is 1.36. The molecule has 1 unspecified atom stereocenters. The van der Waals surface area contributed by atoms with Gasteiger partial charge in [-0.1, -0.05) is 24.2 Å². The van der Waals surface area contributed by atoms with Gasteiger partial charge < -0.3 is 10.2 Å². The van der Waals surface area contributed by atoms with Crippen molar-refractivity contribution in [3.05, 3.63) is 40.7 Å². The van der Waals surface area contributed by atoms with Gasteiger partial charge in [-0.3, -0.25) is 14.7 Å². The molecule has 0 bridgehead atoms. The second kappa shape index (κ2) is 10.0. The molecule has 1 amide bonds. The molecule has 1 atom stereocenters. The Hall–Kier alpha value is -2.13. The number of anilines is 1. The van der Waals surface area contributed by atoms with Gasteiger partial charge >= 0.3 is 0 Å². The van der Waals surface area contributed by atoms with Crippen molar-refractivity contribution in [1.82, 2.24) is 20.2 Å². The van der Waals surface area contributed by atoms with E-state index in [9.17, 15) is 13.6 Å². The number of thiazole rings is 1. The summed E-state index contributed by atoms with van der Waals surface area (Å²) in [6, 6.07) is 1.42. The number of halogens is 2.